The van der Waals surface area contributed by atoms with E-state index < -0.39 is 18.4 Å². The number of nitrogens with one attached hydrogen (secondary N) is 1. The molecule has 182 valence electrons. The van der Waals surface area contributed by atoms with Gasteiger partial charge < -0.3 is 20.4 Å². The summed E-state index contributed by atoms with van der Waals surface area (Å²) in [5, 5.41) is 21.2. The molecule has 0 aliphatic carbocycles. The smallest absolute Gasteiger partial charge is 0.322 e. The minimum Gasteiger partial charge on any atom is -0.504 e. The topological polar surface area (TPSA) is 141 Å². The average Bonchev–Trinajstić information content (AvgIpc) is 2.86. The van der Waals surface area contributed by atoms with E-state index in [0.29, 0.717) is 23.9 Å². The second kappa shape index (κ2) is 10.9. The van der Waals surface area contributed by atoms with Crippen LogP contribution in [0.25, 0.3) is 0 Å². The number of anilines is 1. The van der Waals surface area contributed by atoms with Gasteiger partial charge in [0.25, 0.3) is 5.91 Å². The van der Waals surface area contributed by atoms with Crippen molar-refractivity contribution in [3.05, 3.63) is 71.2 Å². The van der Waals surface area contributed by atoms with Gasteiger partial charge in [-0.3, -0.25) is 14.6 Å². The predicted molar refractivity (Wildman–Crippen MR) is 128 cm³/mol. The molecule has 10 heteroatoms. The summed E-state index contributed by atoms with van der Waals surface area (Å²) in [5.41, 5.74) is 2.39. The highest BCUT2D eigenvalue weighted by Gasteiger charge is 2.24. The standard InChI is InChI=1S/C25H28N6O4/c1-16-24(34)23(25(35)28-15-22(32)33)30-20(29-16)12-17-6-9-31(10-7-17)21-5-4-19(14-27-21)11-18-3-2-8-26-13-18/h2-5,8,13-14,17,34H,6-7,9-12,15H2,1H3,(H,28,35)(H,32,33). The Bertz CT molecular complexity index is 1180. The number of aromatic hydroxyl groups is 1. The number of aliphatic carboxylic acids is 1. The lowest BCUT2D eigenvalue weighted by atomic mass is 9.93. The Balaban J connectivity index is 1.33. The van der Waals surface area contributed by atoms with Crippen LogP contribution in [0.1, 0.15) is 46.0 Å². The molecule has 0 radical (unpaired) electrons. The van der Waals surface area contributed by atoms with Crippen LogP contribution in [0.4, 0.5) is 5.82 Å². The van der Waals surface area contributed by atoms with Gasteiger partial charge in [-0.05, 0) is 48.9 Å². The summed E-state index contributed by atoms with van der Waals surface area (Å²) in [6.07, 6.45) is 8.76. The maximum Gasteiger partial charge on any atom is 0.322 e. The summed E-state index contributed by atoms with van der Waals surface area (Å²) in [5.74, 6) is -0.484. The van der Waals surface area contributed by atoms with Crippen molar-refractivity contribution in [3.63, 3.8) is 0 Å². The largest absolute Gasteiger partial charge is 0.504 e. The summed E-state index contributed by atoms with van der Waals surface area (Å²) < 4.78 is 0. The lowest BCUT2D eigenvalue weighted by Crippen LogP contribution is -2.35. The van der Waals surface area contributed by atoms with Crippen molar-refractivity contribution in [2.45, 2.75) is 32.6 Å². The molecule has 35 heavy (non-hydrogen) atoms. The number of piperidine rings is 1. The zero-order valence-electron chi connectivity index (χ0n) is 19.5. The van der Waals surface area contributed by atoms with Crippen molar-refractivity contribution >= 4 is 17.7 Å². The zero-order chi connectivity index (χ0) is 24.8. The molecule has 0 saturated carbocycles. The van der Waals surface area contributed by atoms with Gasteiger partial charge in [0, 0.05) is 44.5 Å². The normalized spacial score (nSPS) is 14.0. The summed E-state index contributed by atoms with van der Waals surface area (Å²) in [6, 6.07) is 8.14. The maximum atomic E-state index is 12.3. The first-order chi connectivity index (χ1) is 16.9. The highest BCUT2D eigenvalue weighted by atomic mass is 16.4. The predicted octanol–water partition coefficient (Wildman–Crippen LogP) is 2.14. The monoisotopic (exact) mass is 476 g/mol. The molecule has 3 aromatic heterocycles. The number of carboxylic acids is 1. The van der Waals surface area contributed by atoms with Crippen molar-refractivity contribution in [1.29, 1.82) is 0 Å². The quantitative estimate of drug-likeness (QED) is 0.446. The number of nitrogens with zero attached hydrogens (tertiary/aromatic N) is 5. The second-order valence-corrected chi connectivity index (χ2v) is 8.70. The molecule has 0 spiro atoms. The van der Waals surface area contributed by atoms with E-state index in [1.54, 1.807) is 13.1 Å². The molecule has 10 nitrogen and oxygen atoms in total. The molecule has 3 N–H and O–H groups in total. The maximum absolute atomic E-state index is 12.3. The van der Waals surface area contributed by atoms with Crippen LogP contribution in [-0.4, -0.2) is 61.7 Å². The van der Waals surface area contributed by atoms with Crippen LogP contribution in [0.5, 0.6) is 5.75 Å². The molecule has 1 fully saturated rings. The van der Waals surface area contributed by atoms with Gasteiger partial charge in [-0.15, -0.1) is 0 Å². The molecule has 0 aromatic carbocycles. The number of carbonyl (C=O) groups is 2. The Morgan fingerprint density at radius 1 is 1.11 bits per heavy atom. The fourth-order valence-corrected chi connectivity index (χ4v) is 4.19. The lowest BCUT2D eigenvalue weighted by Gasteiger charge is -2.32. The summed E-state index contributed by atoms with van der Waals surface area (Å²) in [4.78, 5) is 42.6. The fraction of sp³-hybridized carbons (Fsp3) is 0.360. The van der Waals surface area contributed by atoms with E-state index in [-0.39, 0.29) is 11.4 Å². The lowest BCUT2D eigenvalue weighted by molar-refractivity contribution is -0.135. The number of aromatic nitrogens is 4. The van der Waals surface area contributed by atoms with Crippen molar-refractivity contribution < 1.29 is 19.8 Å². The highest BCUT2D eigenvalue weighted by Crippen LogP contribution is 2.26. The molecule has 0 unspecified atom stereocenters. The number of pyridine rings is 2. The van der Waals surface area contributed by atoms with Crippen molar-refractivity contribution in [3.8, 4) is 5.75 Å². The zero-order valence-corrected chi connectivity index (χ0v) is 19.5. The number of amides is 1. The van der Waals surface area contributed by atoms with Crippen molar-refractivity contribution in [1.82, 2.24) is 25.3 Å². The minimum atomic E-state index is -1.17. The molecule has 1 aliphatic heterocycles. The SMILES string of the molecule is Cc1nc(CC2CCN(c3ccc(Cc4cccnc4)cn3)CC2)nc(C(=O)NCC(=O)O)c1O. The van der Waals surface area contributed by atoms with Gasteiger partial charge in [0.1, 0.15) is 18.2 Å². The average molecular weight is 477 g/mol. The summed E-state index contributed by atoms with van der Waals surface area (Å²) >= 11 is 0. The van der Waals surface area contributed by atoms with Gasteiger partial charge >= 0.3 is 5.97 Å². The van der Waals surface area contributed by atoms with E-state index in [2.05, 4.69) is 48.4 Å². The number of carbonyl (C=O) groups excluding carboxylic acids is 1. The van der Waals surface area contributed by atoms with E-state index in [4.69, 9.17) is 5.11 Å². The van der Waals surface area contributed by atoms with Crippen molar-refractivity contribution in [2.75, 3.05) is 24.5 Å². The van der Waals surface area contributed by atoms with E-state index in [9.17, 15) is 14.7 Å². The van der Waals surface area contributed by atoms with Gasteiger partial charge in [-0.25, -0.2) is 15.0 Å². The van der Waals surface area contributed by atoms with Gasteiger partial charge in [0.15, 0.2) is 11.4 Å². The second-order valence-electron chi connectivity index (χ2n) is 8.70. The Hall–Kier alpha value is -4.08. The minimum absolute atomic E-state index is 0.193. The van der Waals surface area contributed by atoms with Crippen LogP contribution >= 0.6 is 0 Å². The van der Waals surface area contributed by atoms with Gasteiger partial charge in [0.05, 0.1) is 5.69 Å². The molecule has 1 amide bonds. The first kappa shape index (κ1) is 24.1. The third kappa shape index (κ3) is 6.28. The van der Waals surface area contributed by atoms with Crippen LogP contribution in [-0.2, 0) is 17.6 Å². The van der Waals surface area contributed by atoms with E-state index in [0.717, 1.165) is 49.3 Å². The molecule has 4 rings (SSSR count). The van der Waals surface area contributed by atoms with Gasteiger partial charge in [-0.2, -0.15) is 0 Å². The Morgan fingerprint density at radius 3 is 2.54 bits per heavy atom. The molecule has 0 bridgehead atoms. The molecule has 0 atom stereocenters. The third-order valence-corrected chi connectivity index (χ3v) is 6.07. The number of rotatable bonds is 8. The molecule has 1 aliphatic rings. The van der Waals surface area contributed by atoms with Crippen LogP contribution in [0.3, 0.4) is 0 Å². The number of carboxylic acid groups (broad SMARTS) is 1. The van der Waals surface area contributed by atoms with Gasteiger partial charge in [0.2, 0.25) is 0 Å². The fourth-order valence-electron chi connectivity index (χ4n) is 4.19. The first-order valence-corrected chi connectivity index (χ1v) is 11.5. The van der Waals surface area contributed by atoms with Crippen LogP contribution < -0.4 is 10.2 Å². The Labute approximate surface area is 203 Å². The Kier molecular flexibility index (Phi) is 7.49. The first-order valence-electron chi connectivity index (χ1n) is 11.5. The molecule has 1 saturated heterocycles. The summed E-state index contributed by atoms with van der Waals surface area (Å²) in [7, 11) is 0. The van der Waals surface area contributed by atoms with E-state index in [1.165, 1.54) is 0 Å². The third-order valence-electron chi connectivity index (χ3n) is 6.07. The van der Waals surface area contributed by atoms with Crippen molar-refractivity contribution in [2.24, 2.45) is 5.92 Å². The highest BCUT2D eigenvalue weighted by molar-refractivity contribution is 5.96. The molecular formula is C25H28N6O4. The number of hydrogen-bond donors (Lipinski definition) is 3. The van der Waals surface area contributed by atoms with Crippen LogP contribution in [0.2, 0.25) is 0 Å². The molecule has 4 heterocycles. The number of aryl methyl sites for hydroxylation is 1. The molecular weight excluding hydrogens is 448 g/mol. The summed E-state index contributed by atoms with van der Waals surface area (Å²) in [6.45, 7) is 2.75. The van der Waals surface area contributed by atoms with E-state index >= 15 is 0 Å². The van der Waals surface area contributed by atoms with E-state index in [1.807, 2.05) is 18.5 Å². The Morgan fingerprint density at radius 2 is 1.89 bits per heavy atom. The van der Waals surface area contributed by atoms with Crippen LogP contribution in [0.15, 0.2) is 42.9 Å². The van der Waals surface area contributed by atoms with Crippen LogP contribution in [0, 0.1) is 12.8 Å². The number of hydrogen-bond acceptors (Lipinski definition) is 8. The van der Waals surface area contributed by atoms with Gasteiger partial charge in [-0.1, -0.05) is 12.1 Å². The molecule has 3 aromatic rings.